The van der Waals surface area contributed by atoms with Crippen molar-refractivity contribution in [3.05, 3.63) is 5.82 Å². The van der Waals surface area contributed by atoms with Crippen molar-refractivity contribution in [3.63, 3.8) is 0 Å². The highest BCUT2D eigenvalue weighted by atomic mass is 16.5. The summed E-state index contributed by atoms with van der Waals surface area (Å²) < 4.78 is 5.69. The van der Waals surface area contributed by atoms with Gasteiger partial charge in [-0.1, -0.05) is 13.8 Å². The number of nitrogens with one attached hydrogen (secondary N) is 1. The number of hydrogen-bond acceptors (Lipinski definition) is 5. The Balaban J connectivity index is 1.82. The lowest BCUT2D eigenvalue weighted by atomic mass is 9.64. The summed E-state index contributed by atoms with van der Waals surface area (Å²) in [6.07, 6.45) is 1.42. The summed E-state index contributed by atoms with van der Waals surface area (Å²) >= 11 is 0. The predicted octanol–water partition coefficient (Wildman–Crippen LogP) is 0.503. The van der Waals surface area contributed by atoms with Gasteiger partial charge in [-0.2, -0.15) is 4.80 Å². The van der Waals surface area contributed by atoms with Gasteiger partial charge in [-0.25, -0.2) is 0 Å². The van der Waals surface area contributed by atoms with Crippen molar-refractivity contribution in [1.82, 2.24) is 25.5 Å². The van der Waals surface area contributed by atoms with E-state index in [1.54, 1.807) is 7.05 Å². The summed E-state index contributed by atoms with van der Waals surface area (Å²) in [6.45, 7) is 7.96. The number of tetrazole rings is 1. The molecule has 17 heavy (non-hydrogen) atoms. The van der Waals surface area contributed by atoms with Crippen LogP contribution in [0.5, 0.6) is 0 Å². The molecule has 0 aliphatic heterocycles. The Morgan fingerprint density at radius 1 is 1.53 bits per heavy atom. The molecule has 1 heterocycles. The standard InChI is InChI=1S/C11H21N5O/c1-5-17-9-6-8(11(9,2)3)12-7-10-13-15-16(4)14-10/h8-9,12H,5-7H2,1-4H3. The average molecular weight is 239 g/mol. The van der Waals surface area contributed by atoms with Gasteiger partial charge < -0.3 is 10.1 Å². The fourth-order valence-corrected chi connectivity index (χ4v) is 2.32. The summed E-state index contributed by atoms with van der Waals surface area (Å²) in [6, 6.07) is 0.461. The number of aromatic nitrogens is 4. The van der Waals surface area contributed by atoms with Crippen LogP contribution in [0.1, 0.15) is 33.0 Å². The maximum atomic E-state index is 5.69. The SMILES string of the molecule is CCOC1CC(NCc2nnn(C)n2)C1(C)C. The first kappa shape index (κ1) is 12.4. The first-order valence-electron chi connectivity index (χ1n) is 6.12. The van der Waals surface area contributed by atoms with Gasteiger partial charge in [0.2, 0.25) is 0 Å². The van der Waals surface area contributed by atoms with E-state index in [0.29, 0.717) is 18.7 Å². The van der Waals surface area contributed by atoms with E-state index in [9.17, 15) is 0 Å². The highest BCUT2D eigenvalue weighted by Gasteiger charge is 2.48. The van der Waals surface area contributed by atoms with Crippen molar-refractivity contribution in [2.24, 2.45) is 12.5 Å². The van der Waals surface area contributed by atoms with Crippen molar-refractivity contribution >= 4 is 0 Å². The molecular weight excluding hydrogens is 218 g/mol. The largest absolute Gasteiger partial charge is 0.378 e. The smallest absolute Gasteiger partial charge is 0.188 e. The number of rotatable bonds is 5. The molecule has 96 valence electrons. The van der Waals surface area contributed by atoms with Gasteiger partial charge in [0.1, 0.15) is 0 Å². The van der Waals surface area contributed by atoms with Gasteiger partial charge in [-0.05, 0) is 18.6 Å². The molecule has 0 bridgehead atoms. The van der Waals surface area contributed by atoms with Gasteiger partial charge in [0.25, 0.3) is 0 Å². The maximum absolute atomic E-state index is 5.69. The number of hydrogen-bond donors (Lipinski definition) is 1. The highest BCUT2D eigenvalue weighted by Crippen LogP contribution is 2.42. The summed E-state index contributed by atoms with van der Waals surface area (Å²) in [4.78, 5) is 1.48. The normalized spacial score (nSPS) is 26.8. The molecule has 2 unspecified atom stereocenters. The number of ether oxygens (including phenoxy) is 1. The Morgan fingerprint density at radius 3 is 2.82 bits per heavy atom. The number of nitrogens with zero attached hydrogens (tertiary/aromatic N) is 4. The topological polar surface area (TPSA) is 64.9 Å². The fraction of sp³-hybridized carbons (Fsp3) is 0.909. The van der Waals surface area contributed by atoms with Crippen LogP contribution < -0.4 is 5.32 Å². The zero-order valence-corrected chi connectivity index (χ0v) is 11.0. The maximum Gasteiger partial charge on any atom is 0.188 e. The monoisotopic (exact) mass is 239 g/mol. The lowest BCUT2D eigenvalue weighted by Crippen LogP contribution is -2.60. The molecule has 6 nitrogen and oxygen atoms in total. The van der Waals surface area contributed by atoms with Crippen molar-refractivity contribution in [1.29, 1.82) is 0 Å². The Morgan fingerprint density at radius 2 is 2.29 bits per heavy atom. The van der Waals surface area contributed by atoms with Crippen LogP contribution in [0, 0.1) is 5.41 Å². The predicted molar refractivity (Wildman–Crippen MR) is 63.2 cm³/mol. The van der Waals surface area contributed by atoms with Crippen LogP contribution in [-0.2, 0) is 18.3 Å². The molecule has 1 aromatic rings. The molecule has 2 rings (SSSR count). The van der Waals surface area contributed by atoms with E-state index in [0.717, 1.165) is 18.9 Å². The third-order valence-corrected chi connectivity index (χ3v) is 3.60. The van der Waals surface area contributed by atoms with E-state index in [1.807, 2.05) is 6.92 Å². The average Bonchev–Trinajstić information content (AvgIpc) is 2.68. The van der Waals surface area contributed by atoms with Gasteiger partial charge in [0.05, 0.1) is 19.7 Å². The molecule has 1 fully saturated rings. The van der Waals surface area contributed by atoms with E-state index in [2.05, 4.69) is 34.6 Å². The summed E-state index contributed by atoms with van der Waals surface area (Å²) in [5.74, 6) is 0.739. The molecule has 0 spiro atoms. The molecule has 6 heteroatoms. The van der Waals surface area contributed by atoms with E-state index < -0.39 is 0 Å². The zero-order chi connectivity index (χ0) is 12.5. The van der Waals surface area contributed by atoms with Gasteiger partial charge in [0.15, 0.2) is 5.82 Å². The van der Waals surface area contributed by atoms with Gasteiger partial charge >= 0.3 is 0 Å². The Hall–Kier alpha value is -1.01. The first-order valence-corrected chi connectivity index (χ1v) is 6.12. The van der Waals surface area contributed by atoms with E-state index >= 15 is 0 Å². The second-order valence-electron chi connectivity index (χ2n) is 5.13. The molecule has 1 aliphatic rings. The minimum absolute atomic E-state index is 0.179. The van der Waals surface area contributed by atoms with Crippen molar-refractivity contribution in [2.45, 2.75) is 45.9 Å². The van der Waals surface area contributed by atoms with Crippen LogP contribution in [0.25, 0.3) is 0 Å². The van der Waals surface area contributed by atoms with Crippen molar-refractivity contribution in [2.75, 3.05) is 6.61 Å². The van der Waals surface area contributed by atoms with Crippen molar-refractivity contribution < 1.29 is 4.74 Å². The van der Waals surface area contributed by atoms with Crippen molar-refractivity contribution in [3.8, 4) is 0 Å². The molecule has 0 aromatic carbocycles. The third kappa shape index (κ3) is 2.47. The lowest BCUT2D eigenvalue weighted by Gasteiger charge is -2.51. The first-order chi connectivity index (χ1) is 8.04. The van der Waals surface area contributed by atoms with Gasteiger partial charge in [-0.3, -0.25) is 0 Å². The Labute approximate surface area is 102 Å². The van der Waals surface area contributed by atoms with Crippen LogP contribution in [0.15, 0.2) is 0 Å². The molecule has 0 radical (unpaired) electrons. The second-order valence-corrected chi connectivity index (χ2v) is 5.13. The second kappa shape index (κ2) is 4.70. The summed E-state index contributed by atoms with van der Waals surface area (Å²) in [7, 11) is 1.77. The molecule has 1 aliphatic carbocycles. The van der Waals surface area contributed by atoms with Gasteiger partial charge in [-0.15, -0.1) is 10.2 Å². The van der Waals surface area contributed by atoms with Crippen LogP contribution in [0.4, 0.5) is 0 Å². The van der Waals surface area contributed by atoms with Crippen LogP contribution in [0.2, 0.25) is 0 Å². The molecule has 1 N–H and O–H groups in total. The minimum atomic E-state index is 0.179. The molecular formula is C11H21N5O. The molecule has 1 saturated carbocycles. The van der Waals surface area contributed by atoms with Crippen LogP contribution in [0.3, 0.4) is 0 Å². The molecule has 1 aromatic heterocycles. The minimum Gasteiger partial charge on any atom is -0.378 e. The third-order valence-electron chi connectivity index (χ3n) is 3.60. The summed E-state index contributed by atoms with van der Waals surface area (Å²) in [5, 5.41) is 15.4. The summed E-state index contributed by atoms with van der Waals surface area (Å²) in [5.41, 5.74) is 0.179. The fourth-order valence-electron chi connectivity index (χ4n) is 2.32. The van der Waals surface area contributed by atoms with E-state index in [-0.39, 0.29) is 5.41 Å². The van der Waals surface area contributed by atoms with E-state index in [4.69, 9.17) is 4.74 Å². The number of aryl methyl sites for hydroxylation is 1. The van der Waals surface area contributed by atoms with E-state index in [1.165, 1.54) is 4.80 Å². The molecule has 0 amide bonds. The Kier molecular flexibility index (Phi) is 3.44. The highest BCUT2D eigenvalue weighted by molar-refractivity contribution is 5.03. The molecule has 2 atom stereocenters. The van der Waals surface area contributed by atoms with Crippen LogP contribution >= 0.6 is 0 Å². The van der Waals surface area contributed by atoms with Gasteiger partial charge in [0, 0.05) is 18.1 Å². The lowest BCUT2D eigenvalue weighted by molar-refractivity contribution is -0.114. The zero-order valence-electron chi connectivity index (χ0n) is 11.0. The van der Waals surface area contributed by atoms with Crippen LogP contribution in [-0.4, -0.2) is 39.0 Å². The Bertz CT molecular complexity index is 376. The quantitative estimate of drug-likeness (QED) is 0.810. The molecule has 0 saturated heterocycles.